The molecule has 0 saturated carbocycles. The number of carbonyl (C=O) groups is 2. The van der Waals surface area contributed by atoms with Gasteiger partial charge in [0.25, 0.3) is 0 Å². The summed E-state index contributed by atoms with van der Waals surface area (Å²) in [4.78, 5) is 23.8. The summed E-state index contributed by atoms with van der Waals surface area (Å²) in [7, 11) is 0. The number of halogens is 1. The van der Waals surface area contributed by atoms with Crippen LogP contribution in [-0.2, 0) is 0 Å². The van der Waals surface area contributed by atoms with Crippen molar-refractivity contribution in [3.05, 3.63) is 41.0 Å². The zero-order valence-corrected chi connectivity index (χ0v) is 10.4. The average molecular weight is 267 g/mol. The Hall–Kier alpha value is -1.65. The van der Waals surface area contributed by atoms with Gasteiger partial charge in [0.2, 0.25) is 6.29 Å². The number of alkyl halides is 1. The van der Waals surface area contributed by atoms with Crippen molar-refractivity contribution in [2.75, 3.05) is 5.88 Å². The zero-order valence-electron chi connectivity index (χ0n) is 9.64. The lowest BCUT2D eigenvalue weighted by Crippen LogP contribution is -2.21. The second-order valence-electron chi connectivity index (χ2n) is 3.93. The summed E-state index contributed by atoms with van der Waals surface area (Å²) in [5.41, 5.74) is 0.860. The van der Waals surface area contributed by atoms with Crippen LogP contribution in [0.3, 0.4) is 0 Å². The molecule has 0 fully saturated rings. The third-order valence-corrected chi connectivity index (χ3v) is 2.88. The highest BCUT2D eigenvalue weighted by Crippen LogP contribution is 2.29. The van der Waals surface area contributed by atoms with Gasteiger partial charge in [0.15, 0.2) is 11.6 Å². The molecule has 1 aromatic rings. The third-order valence-electron chi connectivity index (χ3n) is 2.62. The van der Waals surface area contributed by atoms with Gasteiger partial charge < -0.3 is 9.84 Å². The Bertz CT molecular complexity index is 548. The number of hydrogen-bond acceptors (Lipinski definition) is 4. The van der Waals surface area contributed by atoms with Crippen LogP contribution >= 0.6 is 11.6 Å². The molecule has 1 aromatic carbocycles. The molecule has 5 heteroatoms. The number of fused-ring (bicyclic) bond motifs is 1. The van der Waals surface area contributed by atoms with E-state index in [1.165, 1.54) is 12.1 Å². The van der Waals surface area contributed by atoms with Crippen LogP contribution in [0.2, 0.25) is 0 Å². The lowest BCUT2D eigenvalue weighted by atomic mass is 9.89. The summed E-state index contributed by atoms with van der Waals surface area (Å²) in [5, 5.41) is 9.35. The van der Waals surface area contributed by atoms with Gasteiger partial charge in [-0.2, -0.15) is 0 Å². The summed E-state index contributed by atoms with van der Waals surface area (Å²) in [6.45, 7) is 1.59. The Balaban J connectivity index is 2.50. The van der Waals surface area contributed by atoms with Gasteiger partial charge in [-0.3, -0.25) is 9.59 Å². The van der Waals surface area contributed by atoms with Crippen LogP contribution in [0.1, 0.15) is 27.6 Å². The van der Waals surface area contributed by atoms with Crippen LogP contribution in [0, 0.1) is 0 Å². The van der Waals surface area contributed by atoms with Crippen LogP contribution in [-0.4, -0.2) is 28.8 Å². The maximum absolute atomic E-state index is 11.9. The van der Waals surface area contributed by atoms with E-state index in [0.29, 0.717) is 11.1 Å². The number of allylic oxidation sites excluding steroid dienone is 2. The van der Waals surface area contributed by atoms with Gasteiger partial charge >= 0.3 is 0 Å². The molecule has 0 amide bonds. The highest BCUT2D eigenvalue weighted by atomic mass is 35.5. The molecule has 0 heterocycles. The summed E-state index contributed by atoms with van der Waals surface area (Å²) >= 11 is 5.43. The van der Waals surface area contributed by atoms with Crippen LogP contribution in [0.4, 0.5) is 0 Å². The molecule has 0 aromatic heterocycles. The number of benzene rings is 1. The lowest BCUT2D eigenvalue weighted by molar-refractivity contribution is 0.00219. The van der Waals surface area contributed by atoms with E-state index in [1.54, 1.807) is 19.1 Å². The van der Waals surface area contributed by atoms with Gasteiger partial charge in [-0.05, 0) is 19.1 Å². The van der Waals surface area contributed by atoms with E-state index >= 15 is 0 Å². The van der Waals surface area contributed by atoms with E-state index in [4.69, 9.17) is 16.3 Å². The minimum Gasteiger partial charge on any atom is -0.463 e. The van der Waals surface area contributed by atoms with Crippen LogP contribution in [0.25, 0.3) is 0 Å². The number of aliphatic hydroxyl groups is 1. The molecule has 1 aliphatic carbocycles. The van der Waals surface area contributed by atoms with Crippen molar-refractivity contribution in [3.8, 4) is 5.75 Å². The summed E-state index contributed by atoms with van der Waals surface area (Å²) in [6, 6.07) is 4.68. The first-order chi connectivity index (χ1) is 8.54. The Morgan fingerprint density at radius 3 is 2.78 bits per heavy atom. The SMILES string of the molecule is CC1=CC(=O)c2c(OC(O)CCl)cccc2C1=O. The first kappa shape index (κ1) is 12.8. The fourth-order valence-electron chi connectivity index (χ4n) is 1.80. The van der Waals surface area contributed by atoms with Gasteiger partial charge in [-0.15, -0.1) is 11.6 Å². The number of rotatable bonds is 3. The molecule has 1 aliphatic rings. The number of Topliss-reactive ketones (excluding diaryl/α,β-unsaturated/α-hetero) is 1. The first-order valence-corrected chi connectivity index (χ1v) is 5.89. The fourth-order valence-corrected chi connectivity index (χ4v) is 1.86. The van der Waals surface area contributed by atoms with E-state index in [9.17, 15) is 14.7 Å². The lowest BCUT2D eigenvalue weighted by Gasteiger charge is -2.18. The fraction of sp³-hybridized carbons (Fsp3) is 0.231. The highest BCUT2D eigenvalue weighted by Gasteiger charge is 2.27. The molecular formula is C13H11ClO4. The second kappa shape index (κ2) is 4.92. The Labute approximate surface area is 109 Å². The van der Waals surface area contributed by atoms with Gasteiger partial charge in [-0.25, -0.2) is 0 Å². The molecule has 0 saturated heterocycles. The predicted octanol–water partition coefficient (Wildman–Crippen LogP) is 1.95. The number of carbonyl (C=O) groups excluding carboxylic acids is 2. The van der Waals surface area contributed by atoms with Crippen LogP contribution in [0.5, 0.6) is 5.75 Å². The molecular weight excluding hydrogens is 256 g/mol. The molecule has 1 N–H and O–H groups in total. The van der Waals surface area contributed by atoms with Gasteiger partial charge in [-0.1, -0.05) is 12.1 Å². The van der Waals surface area contributed by atoms with E-state index in [0.717, 1.165) is 0 Å². The first-order valence-electron chi connectivity index (χ1n) is 5.35. The van der Waals surface area contributed by atoms with E-state index in [1.807, 2.05) is 0 Å². The molecule has 1 atom stereocenters. The molecule has 4 nitrogen and oxygen atoms in total. The van der Waals surface area contributed by atoms with E-state index < -0.39 is 6.29 Å². The minimum absolute atomic E-state index is 0.124. The molecule has 0 bridgehead atoms. The molecule has 94 valence electrons. The van der Waals surface area contributed by atoms with Gasteiger partial charge in [0.05, 0.1) is 11.4 Å². The molecule has 2 rings (SSSR count). The summed E-state index contributed by atoms with van der Waals surface area (Å²) in [5.74, 6) is -0.474. The third kappa shape index (κ3) is 2.17. The van der Waals surface area contributed by atoms with E-state index in [-0.39, 0.29) is 28.8 Å². The summed E-state index contributed by atoms with van der Waals surface area (Å²) in [6.07, 6.45) is 0.0537. The topological polar surface area (TPSA) is 63.6 Å². The smallest absolute Gasteiger partial charge is 0.211 e. The Kier molecular flexibility index (Phi) is 3.50. The van der Waals surface area contributed by atoms with Crippen molar-refractivity contribution in [2.45, 2.75) is 13.2 Å². The van der Waals surface area contributed by atoms with Crippen molar-refractivity contribution in [1.29, 1.82) is 0 Å². The van der Waals surface area contributed by atoms with Gasteiger partial charge in [0.1, 0.15) is 5.75 Å². The van der Waals surface area contributed by atoms with Crippen molar-refractivity contribution in [1.82, 2.24) is 0 Å². The summed E-state index contributed by atoms with van der Waals surface area (Å²) < 4.78 is 5.14. The van der Waals surface area contributed by atoms with Crippen molar-refractivity contribution >= 4 is 23.2 Å². The Morgan fingerprint density at radius 2 is 2.11 bits per heavy atom. The number of ketones is 2. The van der Waals surface area contributed by atoms with Crippen molar-refractivity contribution < 1.29 is 19.4 Å². The molecule has 18 heavy (non-hydrogen) atoms. The Morgan fingerprint density at radius 1 is 1.39 bits per heavy atom. The standard InChI is InChI=1S/C13H11ClO4/c1-7-5-9(15)12-8(13(7)17)3-2-4-10(12)18-11(16)6-14/h2-5,11,16H,6H2,1H3. The van der Waals surface area contributed by atoms with Crippen LogP contribution < -0.4 is 4.74 Å². The van der Waals surface area contributed by atoms with E-state index in [2.05, 4.69) is 0 Å². The van der Waals surface area contributed by atoms with Gasteiger partial charge in [0, 0.05) is 11.1 Å². The predicted molar refractivity (Wildman–Crippen MR) is 66.2 cm³/mol. The maximum atomic E-state index is 11.9. The molecule has 1 unspecified atom stereocenters. The average Bonchev–Trinajstić information content (AvgIpc) is 2.35. The number of hydrogen-bond donors (Lipinski definition) is 1. The van der Waals surface area contributed by atoms with Crippen molar-refractivity contribution in [3.63, 3.8) is 0 Å². The molecule has 0 aliphatic heterocycles. The molecule has 0 radical (unpaired) electrons. The van der Waals surface area contributed by atoms with Crippen LogP contribution in [0.15, 0.2) is 29.8 Å². The number of ether oxygens (including phenoxy) is 1. The highest BCUT2D eigenvalue weighted by molar-refractivity contribution is 6.25. The largest absolute Gasteiger partial charge is 0.463 e. The quantitative estimate of drug-likeness (QED) is 0.671. The number of aliphatic hydroxyl groups excluding tert-OH is 1. The molecule has 0 spiro atoms. The maximum Gasteiger partial charge on any atom is 0.211 e. The zero-order chi connectivity index (χ0) is 13.3. The second-order valence-corrected chi connectivity index (χ2v) is 4.23. The minimum atomic E-state index is -1.21. The normalized spacial score (nSPS) is 16.1. The monoisotopic (exact) mass is 266 g/mol. The van der Waals surface area contributed by atoms with Crippen molar-refractivity contribution in [2.24, 2.45) is 0 Å².